The maximum absolute atomic E-state index is 2.53. The second kappa shape index (κ2) is 11.9. The van der Waals surface area contributed by atoms with Crippen LogP contribution in [0.5, 0.6) is 0 Å². The van der Waals surface area contributed by atoms with Gasteiger partial charge < -0.3 is 0 Å². The van der Waals surface area contributed by atoms with Gasteiger partial charge in [-0.1, -0.05) is 170 Å². The van der Waals surface area contributed by atoms with Crippen LogP contribution in [0.2, 0.25) is 0 Å². The molecule has 0 aromatic heterocycles. The highest BCUT2D eigenvalue weighted by molar-refractivity contribution is 5.83. The molecule has 5 aromatic carbocycles. The first-order chi connectivity index (χ1) is 23.7. The minimum Gasteiger partial charge on any atom is -0.0802 e. The van der Waals surface area contributed by atoms with Gasteiger partial charge in [-0.2, -0.15) is 0 Å². The third-order valence-electron chi connectivity index (χ3n) is 11.7. The summed E-state index contributed by atoms with van der Waals surface area (Å²) in [6.45, 7) is 2.32. The number of hydrogen-bond acceptors (Lipinski definition) is 0. The van der Waals surface area contributed by atoms with Gasteiger partial charge in [0.05, 0.1) is 0 Å². The van der Waals surface area contributed by atoms with E-state index in [1.807, 2.05) is 0 Å². The van der Waals surface area contributed by atoms with Gasteiger partial charge in [0.1, 0.15) is 0 Å². The van der Waals surface area contributed by atoms with Gasteiger partial charge in [-0.15, -0.1) is 0 Å². The highest BCUT2D eigenvalue weighted by Gasteiger charge is 2.66. The van der Waals surface area contributed by atoms with Crippen LogP contribution >= 0.6 is 0 Å². The number of hydrogen-bond donors (Lipinski definition) is 0. The summed E-state index contributed by atoms with van der Waals surface area (Å²) in [6.07, 6.45) is 20.4. The van der Waals surface area contributed by atoms with Crippen molar-refractivity contribution >= 4 is 17.7 Å². The molecular formula is C48H42. The molecule has 0 amide bonds. The normalized spacial score (nSPS) is 26.5. The second-order valence-corrected chi connectivity index (χ2v) is 14.5. The van der Waals surface area contributed by atoms with Crippen LogP contribution in [-0.2, 0) is 11.8 Å². The third kappa shape index (κ3) is 5.15. The molecule has 234 valence electrons. The van der Waals surface area contributed by atoms with Gasteiger partial charge in [-0.25, -0.2) is 0 Å². The zero-order chi connectivity index (χ0) is 32.1. The number of benzene rings is 5. The van der Waals surface area contributed by atoms with Gasteiger partial charge in [0.25, 0.3) is 0 Å². The van der Waals surface area contributed by atoms with Crippen molar-refractivity contribution in [1.29, 1.82) is 0 Å². The Morgan fingerprint density at radius 2 is 1.44 bits per heavy atom. The van der Waals surface area contributed by atoms with E-state index in [0.717, 1.165) is 6.42 Å². The molecule has 0 bridgehead atoms. The van der Waals surface area contributed by atoms with Crippen LogP contribution in [0.25, 0.3) is 17.7 Å². The molecule has 1 spiro atoms. The molecule has 4 aliphatic rings. The predicted molar refractivity (Wildman–Crippen MR) is 202 cm³/mol. The molecule has 0 radical (unpaired) electrons. The van der Waals surface area contributed by atoms with E-state index in [1.165, 1.54) is 57.4 Å². The summed E-state index contributed by atoms with van der Waals surface area (Å²) in [5.74, 6) is 2.81. The third-order valence-corrected chi connectivity index (χ3v) is 11.7. The Bertz CT molecular complexity index is 2060. The summed E-state index contributed by atoms with van der Waals surface area (Å²) in [5, 5.41) is 0. The van der Waals surface area contributed by atoms with Crippen LogP contribution in [-0.4, -0.2) is 0 Å². The maximum atomic E-state index is 2.53. The lowest BCUT2D eigenvalue weighted by molar-refractivity contribution is 0.483. The summed E-state index contributed by atoms with van der Waals surface area (Å²) >= 11 is 0. The summed E-state index contributed by atoms with van der Waals surface area (Å²) in [5.41, 5.74) is 14.4. The standard InChI is InChI=1S/C48H42/c1-33-21-27-43-42-19-11-12-20-45(42)48(47(43)41(33)28-26-39-31-44(39)37-17-9-4-10-18-37)32-46(48)38-24-22-36(23-25-38)40(29-34-13-5-2-6-14-34)30-35-15-7-3-8-16-35/h2-29,39,42,44-46H,30-32H2,1H3/b28-26-,40-29+. The van der Waals surface area contributed by atoms with Crippen LogP contribution in [0.1, 0.15) is 80.7 Å². The zero-order valence-electron chi connectivity index (χ0n) is 27.7. The summed E-state index contributed by atoms with van der Waals surface area (Å²) in [4.78, 5) is 0. The number of fused-ring (bicyclic) bond motifs is 5. The van der Waals surface area contributed by atoms with Gasteiger partial charge in [0.15, 0.2) is 0 Å². The van der Waals surface area contributed by atoms with Crippen LogP contribution < -0.4 is 0 Å². The number of aryl methyl sites for hydroxylation is 1. The lowest BCUT2D eigenvalue weighted by Gasteiger charge is -2.25. The minimum atomic E-state index is 0.156. The van der Waals surface area contributed by atoms with Crippen molar-refractivity contribution in [2.24, 2.45) is 11.8 Å². The summed E-state index contributed by atoms with van der Waals surface area (Å²) < 4.78 is 0. The van der Waals surface area contributed by atoms with Crippen molar-refractivity contribution in [2.75, 3.05) is 0 Å². The van der Waals surface area contributed by atoms with Crippen molar-refractivity contribution in [3.8, 4) is 0 Å². The average Bonchev–Trinajstić information content (AvgIpc) is 4.06. The monoisotopic (exact) mass is 618 g/mol. The molecule has 6 atom stereocenters. The highest BCUT2D eigenvalue weighted by atomic mass is 14.7. The van der Waals surface area contributed by atoms with E-state index in [4.69, 9.17) is 0 Å². The molecule has 0 heteroatoms. The number of rotatable bonds is 8. The molecule has 2 saturated carbocycles. The fourth-order valence-electron chi connectivity index (χ4n) is 9.12. The largest absolute Gasteiger partial charge is 0.0802 e. The van der Waals surface area contributed by atoms with E-state index in [9.17, 15) is 0 Å². The maximum Gasteiger partial charge on any atom is 0.0109 e. The van der Waals surface area contributed by atoms with Gasteiger partial charge >= 0.3 is 0 Å². The Morgan fingerprint density at radius 3 is 2.21 bits per heavy atom. The summed E-state index contributed by atoms with van der Waals surface area (Å²) in [6, 6.07) is 47.2. The van der Waals surface area contributed by atoms with Crippen molar-refractivity contribution in [3.63, 3.8) is 0 Å². The van der Waals surface area contributed by atoms with Gasteiger partial charge in [-0.3, -0.25) is 0 Å². The Morgan fingerprint density at radius 1 is 0.729 bits per heavy atom. The van der Waals surface area contributed by atoms with E-state index in [2.05, 4.69) is 177 Å². The number of allylic oxidation sites excluding steroid dienone is 6. The lowest BCUT2D eigenvalue weighted by Crippen LogP contribution is -2.19. The first-order valence-electron chi connectivity index (χ1n) is 17.8. The summed E-state index contributed by atoms with van der Waals surface area (Å²) in [7, 11) is 0. The molecule has 0 N–H and O–H groups in total. The quantitative estimate of drug-likeness (QED) is 0.152. The van der Waals surface area contributed by atoms with Gasteiger partial charge in [-0.05, 0) is 106 Å². The van der Waals surface area contributed by atoms with Crippen LogP contribution in [0.4, 0.5) is 0 Å². The topological polar surface area (TPSA) is 0 Å². The molecule has 9 rings (SSSR count). The Balaban J connectivity index is 1.05. The second-order valence-electron chi connectivity index (χ2n) is 14.5. The molecule has 0 aliphatic heterocycles. The molecule has 48 heavy (non-hydrogen) atoms. The molecule has 4 aliphatic carbocycles. The van der Waals surface area contributed by atoms with Gasteiger partial charge in [0.2, 0.25) is 0 Å². The zero-order valence-corrected chi connectivity index (χ0v) is 27.7. The Kier molecular flexibility index (Phi) is 7.27. The molecular weight excluding hydrogens is 577 g/mol. The van der Waals surface area contributed by atoms with Crippen LogP contribution in [0, 0.1) is 18.8 Å². The van der Waals surface area contributed by atoms with E-state index >= 15 is 0 Å². The van der Waals surface area contributed by atoms with Crippen LogP contribution in [0.15, 0.2) is 158 Å². The van der Waals surface area contributed by atoms with Crippen molar-refractivity contribution < 1.29 is 0 Å². The fourth-order valence-corrected chi connectivity index (χ4v) is 9.12. The molecule has 2 fully saturated rings. The molecule has 0 saturated heterocycles. The molecule has 5 aromatic rings. The SMILES string of the molecule is Cc1ccc2c(c1/C=C\C1CC1c1ccccc1)C1(CC1c1ccc(/C(=C/c3ccccc3)Cc3ccccc3)cc1)C1C=CC=CC21. The predicted octanol–water partition coefficient (Wildman–Crippen LogP) is 11.9. The first kappa shape index (κ1) is 29.2. The fraction of sp³-hybridized carbons (Fsp3) is 0.208. The Hall–Kier alpha value is -4.94. The van der Waals surface area contributed by atoms with Crippen molar-refractivity contribution in [1.82, 2.24) is 0 Å². The lowest BCUT2D eigenvalue weighted by atomic mass is 9.78. The molecule has 0 nitrogen and oxygen atoms in total. The van der Waals surface area contributed by atoms with Crippen molar-refractivity contribution in [2.45, 2.75) is 49.4 Å². The van der Waals surface area contributed by atoms with E-state index in [1.54, 1.807) is 11.1 Å². The average molecular weight is 619 g/mol. The van der Waals surface area contributed by atoms with E-state index in [-0.39, 0.29) is 5.41 Å². The Labute approximate surface area is 285 Å². The molecule has 0 heterocycles. The minimum absolute atomic E-state index is 0.156. The van der Waals surface area contributed by atoms with E-state index < -0.39 is 0 Å². The van der Waals surface area contributed by atoms with Crippen molar-refractivity contribution in [3.05, 3.63) is 208 Å². The van der Waals surface area contributed by atoms with Crippen LogP contribution in [0.3, 0.4) is 0 Å². The molecule has 6 unspecified atom stereocenters. The van der Waals surface area contributed by atoms with E-state index in [0.29, 0.717) is 29.6 Å². The smallest absolute Gasteiger partial charge is 0.0109 e. The van der Waals surface area contributed by atoms with Gasteiger partial charge in [0, 0.05) is 11.3 Å². The highest BCUT2D eigenvalue weighted by Crippen LogP contribution is 2.73. The first-order valence-corrected chi connectivity index (χ1v) is 17.8.